The van der Waals surface area contributed by atoms with Crippen LogP contribution in [-0.4, -0.2) is 43.1 Å². The number of ether oxygens (including phenoxy) is 4. The Morgan fingerprint density at radius 1 is 1.12 bits per heavy atom. The molecule has 0 saturated heterocycles. The van der Waals surface area contributed by atoms with Gasteiger partial charge >= 0.3 is 5.97 Å². The lowest BCUT2D eigenvalue weighted by Gasteiger charge is -2.14. The van der Waals surface area contributed by atoms with Crippen molar-refractivity contribution in [3.8, 4) is 28.7 Å². The number of hydrogen-bond acceptors (Lipinski definition) is 9. The second-order valence-electron chi connectivity index (χ2n) is 7.91. The number of aromatic hydroxyl groups is 2. The second kappa shape index (κ2) is 9.01. The number of hydrogen-bond donors (Lipinski definition) is 2. The zero-order chi connectivity index (χ0) is 24.6. The van der Waals surface area contributed by atoms with Gasteiger partial charge in [-0.25, -0.2) is 4.79 Å². The van der Waals surface area contributed by atoms with Crippen LogP contribution in [0.1, 0.15) is 20.3 Å². The first-order valence-corrected chi connectivity index (χ1v) is 10.5. The number of esters is 1. The number of rotatable bonds is 7. The van der Waals surface area contributed by atoms with Crippen molar-refractivity contribution in [2.24, 2.45) is 0 Å². The fourth-order valence-electron chi connectivity index (χ4n) is 3.85. The predicted molar refractivity (Wildman–Crippen MR) is 124 cm³/mol. The molecule has 0 bridgehead atoms. The highest BCUT2D eigenvalue weighted by Gasteiger charge is 2.24. The van der Waals surface area contributed by atoms with Crippen molar-refractivity contribution >= 4 is 27.9 Å². The van der Waals surface area contributed by atoms with Gasteiger partial charge in [0.15, 0.2) is 22.8 Å². The quantitative estimate of drug-likeness (QED) is 0.301. The van der Waals surface area contributed by atoms with E-state index in [0.29, 0.717) is 12.0 Å². The van der Waals surface area contributed by atoms with Gasteiger partial charge in [-0.05, 0) is 38.1 Å². The van der Waals surface area contributed by atoms with E-state index < -0.39 is 5.43 Å². The molecule has 4 rings (SSSR count). The van der Waals surface area contributed by atoms with Gasteiger partial charge < -0.3 is 33.6 Å². The van der Waals surface area contributed by atoms with E-state index in [1.54, 1.807) is 13.0 Å². The molecular formula is C25H24O9. The van der Waals surface area contributed by atoms with Crippen molar-refractivity contribution in [3.63, 3.8) is 0 Å². The van der Waals surface area contributed by atoms with E-state index in [1.165, 1.54) is 32.4 Å². The van der Waals surface area contributed by atoms with Gasteiger partial charge in [0, 0.05) is 18.1 Å². The zero-order valence-corrected chi connectivity index (χ0v) is 19.1. The number of phenolic OH excluding ortho intramolecular Hbond substituents is 2. The Bertz CT molecular complexity index is 1410. The lowest BCUT2D eigenvalue weighted by Crippen LogP contribution is -2.09. The molecule has 0 aliphatic carbocycles. The number of carbonyl (C=O) groups excluding carboxylic acids is 1. The lowest BCUT2D eigenvalue weighted by atomic mass is 10.1. The summed E-state index contributed by atoms with van der Waals surface area (Å²) in [7, 11) is 2.76. The molecule has 2 N–H and O–H groups in total. The van der Waals surface area contributed by atoms with Gasteiger partial charge in [-0.3, -0.25) is 4.79 Å². The minimum absolute atomic E-state index is 0.0201. The van der Waals surface area contributed by atoms with Crippen molar-refractivity contribution in [2.75, 3.05) is 20.8 Å². The third-order valence-electron chi connectivity index (χ3n) is 5.59. The number of methoxy groups -OCH3 is 2. The third kappa shape index (κ3) is 4.00. The number of carbonyl (C=O) groups is 1. The molecule has 1 atom stereocenters. The maximum atomic E-state index is 13.2. The topological polar surface area (TPSA) is 125 Å². The first kappa shape index (κ1) is 23.0. The molecule has 1 aliphatic rings. The van der Waals surface area contributed by atoms with Gasteiger partial charge in [0.05, 0.1) is 14.2 Å². The van der Waals surface area contributed by atoms with Crippen LogP contribution < -0.4 is 19.6 Å². The van der Waals surface area contributed by atoms with E-state index in [4.69, 9.17) is 23.4 Å². The van der Waals surface area contributed by atoms with Crippen LogP contribution in [0.2, 0.25) is 0 Å². The van der Waals surface area contributed by atoms with Crippen molar-refractivity contribution < 1.29 is 38.4 Å². The molecule has 0 radical (unpaired) electrons. The van der Waals surface area contributed by atoms with E-state index in [2.05, 4.69) is 0 Å². The van der Waals surface area contributed by atoms with E-state index in [-0.39, 0.29) is 69.4 Å². The maximum absolute atomic E-state index is 13.2. The van der Waals surface area contributed by atoms with Crippen LogP contribution in [0.5, 0.6) is 28.7 Å². The number of benzene rings is 2. The monoisotopic (exact) mass is 468 g/mol. The Morgan fingerprint density at radius 3 is 2.50 bits per heavy atom. The molecule has 9 nitrogen and oxygen atoms in total. The van der Waals surface area contributed by atoms with Gasteiger partial charge in [0.25, 0.3) is 0 Å². The van der Waals surface area contributed by atoms with Crippen LogP contribution in [0.4, 0.5) is 0 Å². The Hall–Kier alpha value is -4.14. The lowest BCUT2D eigenvalue weighted by molar-refractivity contribution is -0.139. The molecule has 9 heteroatoms. The zero-order valence-electron chi connectivity index (χ0n) is 19.1. The highest BCUT2D eigenvalue weighted by Crippen LogP contribution is 2.43. The predicted octanol–water partition coefficient (Wildman–Crippen LogP) is 3.96. The molecule has 3 aromatic rings. The first-order valence-electron chi connectivity index (χ1n) is 10.5. The third-order valence-corrected chi connectivity index (χ3v) is 5.59. The van der Waals surface area contributed by atoms with Crippen LogP contribution in [0.3, 0.4) is 0 Å². The van der Waals surface area contributed by atoms with Crippen molar-refractivity contribution in [1.29, 1.82) is 0 Å². The summed E-state index contributed by atoms with van der Waals surface area (Å²) in [6.07, 6.45) is 3.78. The highest BCUT2D eigenvalue weighted by atomic mass is 16.5. The van der Waals surface area contributed by atoms with E-state index >= 15 is 0 Å². The summed E-state index contributed by atoms with van der Waals surface area (Å²) in [5, 5.41) is 20.7. The van der Waals surface area contributed by atoms with Crippen molar-refractivity contribution in [1.82, 2.24) is 0 Å². The number of fused-ring (bicyclic) bond motifs is 2. The normalized spacial score (nSPS) is 16.0. The largest absolute Gasteiger partial charge is 0.507 e. The summed E-state index contributed by atoms with van der Waals surface area (Å²) in [4.78, 5) is 24.7. The molecule has 1 aliphatic heterocycles. The van der Waals surface area contributed by atoms with Crippen LogP contribution in [0, 0.1) is 0 Å². The minimum Gasteiger partial charge on any atom is -0.507 e. The molecule has 2 heterocycles. The molecule has 1 aromatic heterocycles. The van der Waals surface area contributed by atoms with Crippen molar-refractivity contribution in [3.05, 3.63) is 51.7 Å². The smallest absolute Gasteiger partial charge is 0.334 e. The van der Waals surface area contributed by atoms with E-state index in [0.717, 1.165) is 5.57 Å². The van der Waals surface area contributed by atoms with Crippen LogP contribution in [0.25, 0.3) is 21.9 Å². The van der Waals surface area contributed by atoms with E-state index in [9.17, 15) is 19.8 Å². The van der Waals surface area contributed by atoms with Gasteiger partial charge in [-0.1, -0.05) is 5.57 Å². The Kier molecular flexibility index (Phi) is 6.10. The second-order valence-corrected chi connectivity index (χ2v) is 7.91. The SMILES string of the molecule is COc1cc(O)c2c(=O)c3c(O)c(OC)ccc3oc2c1OCC=C(C)CC1C=C(C)C(=O)O1. The molecule has 0 fully saturated rings. The average Bonchev–Trinajstić information content (AvgIpc) is 3.11. The molecule has 178 valence electrons. The Labute approximate surface area is 194 Å². The Morgan fingerprint density at radius 2 is 1.85 bits per heavy atom. The van der Waals surface area contributed by atoms with Crippen LogP contribution in [0.15, 0.2) is 50.7 Å². The van der Waals surface area contributed by atoms with Gasteiger partial charge in [0.2, 0.25) is 11.2 Å². The molecule has 0 saturated carbocycles. The van der Waals surface area contributed by atoms with Gasteiger partial charge in [-0.15, -0.1) is 0 Å². The molecule has 1 unspecified atom stereocenters. The van der Waals surface area contributed by atoms with Gasteiger partial charge in [0.1, 0.15) is 34.8 Å². The summed E-state index contributed by atoms with van der Waals surface area (Å²) in [6.45, 7) is 3.69. The first-order chi connectivity index (χ1) is 16.2. The summed E-state index contributed by atoms with van der Waals surface area (Å²) < 4.78 is 27.4. The number of cyclic esters (lactones) is 1. The molecule has 0 spiro atoms. The molecule has 0 amide bonds. The van der Waals surface area contributed by atoms with E-state index in [1.807, 2.05) is 13.0 Å². The summed E-state index contributed by atoms with van der Waals surface area (Å²) in [5.41, 5.74) is 0.933. The highest BCUT2D eigenvalue weighted by molar-refractivity contribution is 6.00. The maximum Gasteiger partial charge on any atom is 0.334 e. The van der Waals surface area contributed by atoms with Crippen molar-refractivity contribution in [2.45, 2.75) is 26.4 Å². The minimum atomic E-state index is -0.644. The summed E-state index contributed by atoms with van der Waals surface area (Å²) >= 11 is 0. The summed E-state index contributed by atoms with van der Waals surface area (Å²) in [6, 6.07) is 4.20. The molecule has 34 heavy (non-hydrogen) atoms. The fraction of sp³-hybridized carbons (Fsp3) is 0.280. The molecular weight excluding hydrogens is 444 g/mol. The number of phenols is 2. The standard InChI is InChI=1S/C25H24O9/c1-12(9-14-10-13(2)25(29)33-14)7-8-32-23-18(31-4)11-15(26)19-22(28)20-16(34-24(19)23)5-6-17(30-3)21(20)27/h5-7,10-11,14,26-27H,8-9H2,1-4H3. The van der Waals surface area contributed by atoms with Crippen LogP contribution >= 0.6 is 0 Å². The Balaban J connectivity index is 1.72. The average molecular weight is 468 g/mol. The fourth-order valence-corrected chi connectivity index (χ4v) is 3.85. The molecule has 2 aromatic carbocycles. The van der Waals surface area contributed by atoms with Gasteiger partial charge in [-0.2, -0.15) is 0 Å². The summed E-state index contributed by atoms with van der Waals surface area (Å²) in [5.74, 6) is -0.698. The van der Waals surface area contributed by atoms with Crippen LogP contribution in [-0.2, 0) is 9.53 Å².